The number of nitrogens with one attached hydrogen (secondary N) is 1. The van der Waals surface area contributed by atoms with Crippen molar-refractivity contribution in [2.24, 2.45) is 0 Å². The van der Waals surface area contributed by atoms with E-state index in [0.29, 0.717) is 24.3 Å². The van der Waals surface area contributed by atoms with E-state index in [4.69, 9.17) is 0 Å². The van der Waals surface area contributed by atoms with Gasteiger partial charge in [-0.2, -0.15) is 9.40 Å². The van der Waals surface area contributed by atoms with Crippen LogP contribution in [0.4, 0.5) is 5.69 Å². The zero-order valence-corrected chi connectivity index (χ0v) is 17.3. The molecular weight excluding hydrogens is 388 g/mol. The van der Waals surface area contributed by atoms with Gasteiger partial charge in [0.15, 0.2) is 0 Å². The van der Waals surface area contributed by atoms with Crippen molar-refractivity contribution in [1.82, 2.24) is 14.1 Å². The summed E-state index contributed by atoms with van der Waals surface area (Å²) in [5.41, 5.74) is 1.80. The van der Waals surface area contributed by atoms with Gasteiger partial charge in [-0.15, -0.1) is 0 Å². The number of benzene rings is 2. The van der Waals surface area contributed by atoms with E-state index >= 15 is 0 Å². The van der Waals surface area contributed by atoms with E-state index in [0.717, 1.165) is 23.7 Å². The van der Waals surface area contributed by atoms with E-state index in [-0.39, 0.29) is 16.8 Å². The van der Waals surface area contributed by atoms with Crippen molar-refractivity contribution < 1.29 is 13.2 Å². The summed E-state index contributed by atoms with van der Waals surface area (Å²) in [6.45, 7) is 5.17. The number of sulfonamides is 1. The van der Waals surface area contributed by atoms with Crippen LogP contribution in [0.5, 0.6) is 0 Å². The Labute approximate surface area is 170 Å². The molecule has 1 N–H and O–H groups in total. The largest absolute Gasteiger partial charge is 0.322 e. The fourth-order valence-corrected chi connectivity index (χ4v) is 5.03. The van der Waals surface area contributed by atoms with Gasteiger partial charge < -0.3 is 5.32 Å². The van der Waals surface area contributed by atoms with E-state index in [2.05, 4.69) is 24.3 Å². The molecule has 2 aromatic carbocycles. The van der Waals surface area contributed by atoms with Gasteiger partial charge in [0.2, 0.25) is 10.0 Å². The standard InChI is InChI=1S/C21H24N4O3S/c1-15(2)25-14-17-12-18(8-9-20(17)23-25)22-21(26)16-6-5-7-19(13-16)29(27,28)24-10-3-4-11-24/h5-9,12-15H,3-4,10-11H2,1-2H3,(H,22,26). The lowest BCUT2D eigenvalue weighted by molar-refractivity contribution is 0.102. The van der Waals surface area contributed by atoms with Gasteiger partial charge in [0, 0.05) is 42.0 Å². The Hall–Kier alpha value is -2.71. The molecule has 4 rings (SSSR count). The normalized spacial score (nSPS) is 15.3. The van der Waals surface area contributed by atoms with Crippen LogP contribution < -0.4 is 5.32 Å². The van der Waals surface area contributed by atoms with Crippen LogP contribution >= 0.6 is 0 Å². The number of amides is 1. The monoisotopic (exact) mass is 412 g/mol. The van der Waals surface area contributed by atoms with Crippen LogP contribution in [0.1, 0.15) is 43.1 Å². The number of hydrogen-bond donors (Lipinski definition) is 1. The first-order valence-electron chi connectivity index (χ1n) is 9.75. The number of rotatable bonds is 5. The Balaban J connectivity index is 1.56. The van der Waals surface area contributed by atoms with Crippen LogP contribution in [-0.4, -0.2) is 41.5 Å². The summed E-state index contributed by atoms with van der Waals surface area (Å²) < 4.78 is 28.9. The highest BCUT2D eigenvalue weighted by Gasteiger charge is 2.27. The molecule has 0 saturated carbocycles. The third-order valence-corrected chi connectivity index (χ3v) is 7.00. The van der Waals surface area contributed by atoms with Gasteiger partial charge in [-0.25, -0.2) is 8.42 Å². The molecular formula is C21H24N4O3S. The molecule has 1 aliphatic heterocycles. The van der Waals surface area contributed by atoms with Gasteiger partial charge >= 0.3 is 0 Å². The first kappa shape index (κ1) is 19.6. The smallest absolute Gasteiger partial charge is 0.255 e. The molecule has 152 valence electrons. The molecule has 1 saturated heterocycles. The zero-order valence-electron chi connectivity index (χ0n) is 16.5. The highest BCUT2D eigenvalue weighted by molar-refractivity contribution is 7.89. The van der Waals surface area contributed by atoms with Gasteiger partial charge in [-0.1, -0.05) is 6.07 Å². The molecule has 1 aromatic heterocycles. The van der Waals surface area contributed by atoms with E-state index < -0.39 is 10.0 Å². The average molecular weight is 413 g/mol. The topological polar surface area (TPSA) is 84.3 Å². The van der Waals surface area contributed by atoms with Crippen LogP contribution in [0, 0.1) is 0 Å². The van der Waals surface area contributed by atoms with E-state index in [9.17, 15) is 13.2 Å². The quantitative estimate of drug-likeness (QED) is 0.693. The number of hydrogen-bond acceptors (Lipinski definition) is 4. The maximum Gasteiger partial charge on any atom is 0.255 e. The summed E-state index contributed by atoms with van der Waals surface area (Å²) in [5.74, 6) is -0.348. The predicted molar refractivity (Wildman–Crippen MR) is 113 cm³/mol. The summed E-state index contributed by atoms with van der Waals surface area (Å²) in [5, 5.41) is 8.28. The minimum atomic E-state index is -3.56. The number of aromatic nitrogens is 2. The lowest BCUT2D eigenvalue weighted by Crippen LogP contribution is -2.28. The molecule has 8 heteroatoms. The summed E-state index contributed by atoms with van der Waals surface area (Å²) in [4.78, 5) is 12.9. The summed E-state index contributed by atoms with van der Waals surface area (Å²) in [6, 6.07) is 12.0. The van der Waals surface area contributed by atoms with Crippen molar-refractivity contribution >= 4 is 32.5 Å². The molecule has 0 aliphatic carbocycles. The SMILES string of the molecule is CC(C)n1cc2cc(NC(=O)c3cccc(S(=O)(=O)N4CCCC4)c3)ccc2n1. The number of fused-ring (bicyclic) bond motifs is 1. The molecule has 0 spiro atoms. The fourth-order valence-electron chi connectivity index (χ4n) is 3.47. The summed E-state index contributed by atoms with van der Waals surface area (Å²) in [6.07, 6.45) is 3.68. The Morgan fingerprint density at radius 1 is 1.10 bits per heavy atom. The van der Waals surface area contributed by atoms with Crippen LogP contribution in [0.25, 0.3) is 10.9 Å². The van der Waals surface area contributed by atoms with Gasteiger partial charge in [0.1, 0.15) is 0 Å². The average Bonchev–Trinajstić information content (AvgIpc) is 3.38. The van der Waals surface area contributed by atoms with Gasteiger partial charge in [-0.05, 0) is 63.1 Å². The second-order valence-corrected chi connectivity index (χ2v) is 9.51. The number of carbonyl (C=O) groups is 1. The van der Waals surface area contributed by atoms with Crippen molar-refractivity contribution in [3.8, 4) is 0 Å². The van der Waals surface area contributed by atoms with Gasteiger partial charge in [0.25, 0.3) is 5.91 Å². The molecule has 0 bridgehead atoms. The molecule has 7 nitrogen and oxygen atoms in total. The number of nitrogens with zero attached hydrogens (tertiary/aromatic N) is 3. The maximum atomic E-state index is 12.8. The van der Waals surface area contributed by atoms with Gasteiger partial charge in [0.05, 0.1) is 10.4 Å². The van der Waals surface area contributed by atoms with Crippen molar-refractivity contribution in [3.63, 3.8) is 0 Å². The minimum absolute atomic E-state index is 0.153. The number of anilines is 1. The minimum Gasteiger partial charge on any atom is -0.322 e. The summed E-state index contributed by atoms with van der Waals surface area (Å²) >= 11 is 0. The first-order valence-corrected chi connectivity index (χ1v) is 11.2. The Morgan fingerprint density at radius 3 is 2.59 bits per heavy atom. The molecule has 29 heavy (non-hydrogen) atoms. The lowest BCUT2D eigenvalue weighted by atomic mass is 10.2. The molecule has 0 radical (unpaired) electrons. The zero-order chi connectivity index (χ0) is 20.6. The van der Waals surface area contributed by atoms with Crippen LogP contribution in [0.2, 0.25) is 0 Å². The Bertz CT molecular complexity index is 1160. The van der Waals surface area contributed by atoms with E-state index in [1.54, 1.807) is 18.2 Å². The highest BCUT2D eigenvalue weighted by atomic mass is 32.2. The van der Waals surface area contributed by atoms with Crippen LogP contribution in [0.3, 0.4) is 0 Å². The Morgan fingerprint density at radius 2 is 1.86 bits per heavy atom. The maximum absolute atomic E-state index is 12.8. The molecule has 1 amide bonds. The van der Waals surface area contributed by atoms with Crippen molar-refractivity contribution in [3.05, 3.63) is 54.2 Å². The third kappa shape index (κ3) is 3.90. The highest BCUT2D eigenvalue weighted by Crippen LogP contribution is 2.23. The van der Waals surface area contributed by atoms with Crippen molar-refractivity contribution in [2.75, 3.05) is 18.4 Å². The molecule has 0 unspecified atom stereocenters. The molecule has 1 fully saturated rings. The van der Waals surface area contributed by atoms with Gasteiger partial charge in [-0.3, -0.25) is 9.48 Å². The number of carbonyl (C=O) groups excluding carboxylic acids is 1. The summed E-state index contributed by atoms with van der Waals surface area (Å²) in [7, 11) is -3.56. The van der Waals surface area contributed by atoms with E-state index in [1.165, 1.54) is 16.4 Å². The van der Waals surface area contributed by atoms with Crippen LogP contribution in [-0.2, 0) is 10.0 Å². The molecule has 3 aromatic rings. The first-order chi connectivity index (χ1) is 13.8. The van der Waals surface area contributed by atoms with Crippen molar-refractivity contribution in [2.45, 2.75) is 37.6 Å². The predicted octanol–water partition coefficient (Wildman–Crippen LogP) is 3.65. The fraction of sp³-hybridized carbons (Fsp3) is 0.333. The molecule has 1 aliphatic rings. The lowest BCUT2D eigenvalue weighted by Gasteiger charge is -2.16. The second-order valence-electron chi connectivity index (χ2n) is 7.57. The second kappa shape index (κ2) is 7.61. The van der Waals surface area contributed by atoms with Crippen LogP contribution in [0.15, 0.2) is 53.6 Å². The third-order valence-electron chi connectivity index (χ3n) is 5.11. The molecule has 2 heterocycles. The molecule has 0 atom stereocenters. The Kier molecular flexibility index (Phi) is 5.14. The van der Waals surface area contributed by atoms with Crippen molar-refractivity contribution in [1.29, 1.82) is 0 Å². The van der Waals surface area contributed by atoms with E-state index in [1.807, 2.05) is 23.0 Å².